The molecule has 28 heavy (non-hydrogen) atoms. The van der Waals surface area contributed by atoms with Crippen LogP contribution >= 0.6 is 11.6 Å². The largest absolute Gasteiger partial charge is 0.453 e. The zero-order valence-corrected chi connectivity index (χ0v) is 17.7. The number of alkyl carbamates (subject to hydrolysis) is 1. The zero-order valence-electron chi connectivity index (χ0n) is 17.0. The van der Waals surface area contributed by atoms with Gasteiger partial charge < -0.3 is 14.8 Å². The van der Waals surface area contributed by atoms with Crippen molar-refractivity contribution in [3.05, 3.63) is 34.6 Å². The van der Waals surface area contributed by atoms with Gasteiger partial charge in [-0.2, -0.15) is 0 Å². The molecule has 1 aromatic heterocycles. The average Bonchev–Trinajstić information content (AvgIpc) is 3.41. The van der Waals surface area contributed by atoms with Crippen LogP contribution in [0.3, 0.4) is 0 Å². The Morgan fingerprint density at radius 3 is 2.64 bits per heavy atom. The van der Waals surface area contributed by atoms with Gasteiger partial charge in [0.15, 0.2) is 0 Å². The lowest BCUT2D eigenvalue weighted by molar-refractivity contribution is 0.0153. The molecule has 7 nitrogen and oxygen atoms in total. The fourth-order valence-corrected chi connectivity index (χ4v) is 2.93. The minimum Gasteiger partial charge on any atom is -0.453 e. The van der Waals surface area contributed by atoms with Crippen molar-refractivity contribution in [2.75, 3.05) is 13.7 Å². The highest BCUT2D eigenvalue weighted by molar-refractivity contribution is 6.29. The van der Waals surface area contributed by atoms with Crippen molar-refractivity contribution in [3.8, 4) is 0 Å². The summed E-state index contributed by atoms with van der Waals surface area (Å²) in [5, 5.41) is 2.89. The molecule has 1 aliphatic carbocycles. The quantitative estimate of drug-likeness (QED) is 0.696. The summed E-state index contributed by atoms with van der Waals surface area (Å²) in [6.45, 7) is 7.83. The summed E-state index contributed by atoms with van der Waals surface area (Å²) in [4.78, 5) is 29.9. The first kappa shape index (κ1) is 22.0. The van der Waals surface area contributed by atoms with Crippen LogP contribution in [-0.2, 0) is 9.47 Å². The van der Waals surface area contributed by atoms with Crippen molar-refractivity contribution in [2.24, 2.45) is 0 Å². The molecule has 1 aliphatic rings. The Labute approximate surface area is 171 Å². The Morgan fingerprint density at radius 2 is 2.07 bits per heavy atom. The molecule has 1 saturated carbocycles. The number of methoxy groups -OCH3 is 1. The first-order valence-corrected chi connectivity index (χ1v) is 9.65. The Kier molecular flexibility index (Phi) is 7.29. The predicted octanol–water partition coefficient (Wildman–Crippen LogP) is 4.56. The highest BCUT2D eigenvalue weighted by Gasteiger charge is 2.38. The number of hydrogen-bond acceptors (Lipinski definition) is 5. The monoisotopic (exact) mass is 409 g/mol. The van der Waals surface area contributed by atoms with Gasteiger partial charge in [0.05, 0.1) is 18.8 Å². The molecule has 1 aromatic rings. The topological polar surface area (TPSA) is 80.8 Å². The van der Waals surface area contributed by atoms with E-state index < -0.39 is 11.7 Å². The molecular formula is C20H28ClN3O4. The molecule has 0 aromatic carbocycles. The van der Waals surface area contributed by atoms with Crippen molar-refractivity contribution in [1.29, 1.82) is 0 Å². The van der Waals surface area contributed by atoms with Crippen LogP contribution in [0.4, 0.5) is 9.59 Å². The van der Waals surface area contributed by atoms with Crippen LogP contribution < -0.4 is 5.32 Å². The second-order valence-electron chi connectivity index (χ2n) is 7.72. The summed E-state index contributed by atoms with van der Waals surface area (Å²) in [6, 6.07) is 3.62. The standard InChI is InChI=1S/C20H28ClN3O4/c1-13(24(16-8-9-16)19(26)28-20(2,3)4)14-11-15(23-17(21)12-14)7-6-10-22-18(25)27-5/h6-7,11-13,16H,8-10H2,1-5H3,(H,22,25). The van der Waals surface area contributed by atoms with Gasteiger partial charge in [-0.15, -0.1) is 0 Å². The van der Waals surface area contributed by atoms with Crippen molar-refractivity contribution in [1.82, 2.24) is 15.2 Å². The van der Waals surface area contributed by atoms with Crippen LogP contribution in [0.25, 0.3) is 6.08 Å². The van der Waals surface area contributed by atoms with E-state index >= 15 is 0 Å². The Balaban J connectivity index is 2.15. The van der Waals surface area contributed by atoms with Crippen LogP contribution in [0.2, 0.25) is 5.15 Å². The minimum atomic E-state index is -0.555. The van der Waals surface area contributed by atoms with Crippen molar-refractivity contribution >= 4 is 29.9 Å². The molecule has 1 heterocycles. The van der Waals surface area contributed by atoms with Gasteiger partial charge in [0.1, 0.15) is 10.8 Å². The van der Waals surface area contributed by atoms with Gasteiger partial charge in [-0.05, 0) is 64.3 Å². The second kappa shape index (κ2) is 9.28. The third-order valence-electron chi connectivity index (χ3n) is 4.12. The lowest BCUT2D eigenvalue weighted by Crippen LogP contribution is -2.39. The van der Waals surface area contributed by atoms with E-state index in [-0.39, 0.29) is 18.2 Å². The molecule has 2 rings (SSSR count). The van der Waals surface area contributed by atoms with Crippen molar-refractivity contribution in [3.63, 3.8) is 0 Å². The molecule has 0 spiro atoms. The fourth-order valence-electron chi connectivity index (χ4n) is 2.71. The Morgan fingerprint density at radius 1 is 1.39 bits per heavy atom. The third-order valence-corrected chi connectivity index (χ3v) is 4.31. The molecule has 0 aliphatic heterocycles. The normalized spacial score (nSPS) is 15.2. The lowest BCUT2D eigenvalue weighted by atomic mass is 10.1. The van der Waals surface area contributed by atoms with E-state index in [0.717, 1.165) is 18.4 Å². The SMILES string of the molecule is COC(=O)NCC=Cc1cc(C(C)N(C(=O)OC(C)(C)C)C2CC2)cc(Cl)n1. The van der Waals surface area contributed by atoms with Gasteiger partial charge in [-0.3, -0.25) is 4.90 Å². The van der Waals surface area contributed by atoms with Crippen molar-refractivity contribution in [2.45, 2.75) is 58.2 Å². The van der Waals surface area contributed by atoms with E-state index in [9.17, 15) is 9.59 Å². The maximum absolute atomic E-state index is 12.7. The molecule has 0 bridgehead atoms. The number of nitrogens with one attached hydrogen (secondary N) is 1. The van der Waals surface area contributed by atoms with E-state index in [1.807, 2.05) is 33.8 Å². The summed E-state index contributed by atoms with van der Waals surface area (Å²) in [5.74, 6) is 0. The fraction of sp³-hybridized carbons (Fsp3) is 0.550. The van der Waals surface area contributed by atoms with Crippen LogP contribution in [0.15, 0.2) is 18.2 Å². The molecule has 1 unspecified atom stereocenters. The van der Waals surface area contributed by atoms with Gasteiger partial charge in [-0.1, -0.05) is 17.7 Å². The molecule has 0 radical (unpaired) electrons. The third kappa shape index (κ3) is 6.71. The highest BCUT2D eigenvalue weighted by Crippen LogP contribution is 2.36. The smallest absolute Gasteiger partial charge is 0.411 e. The Bertz CT molecular complexity index is 741. The van der Waals surface area contributed by atoms with Crippen molar-refractivity contribution < 1.29 is 19.1 Å². The number of carbonyl (C=O) groups excluding carboxylic acids is 2. The number of aromatic nitrogens is 1. The number of rotatable bonds is 6. The number of amides is 2. The molecule has 154 valence electrons. The summed E-state index contributed by atoms with van der Waals surface area (Å²) in [6.07, 6.45) is 4.61. The summed E-state index contributed by atoms with van der Waals surface area (Å²) in [7, 11) is 1.31. The maximum atomic E-state index is 12.7. The van der Waals surface area contributed by atoms with Gasteiger partial charge in [0.2, 0.25) is 0 Å². The van der Waals surface area contributed by atoms with Gasteiger partial charge in [-0.25, -0.2) is 14.6 Å². The molecule has 1 N–H and O–H groups in total. The predicted molar refractivity (Wildman–Crippen MR) is 108 cm³/mol. The second-order valence-corrected chi connectivity index (χ2v) is 8.10. The highest BCUT2D eigenvalue weighted by atomic mass is 35.5. The lowest BCUT2D eigenvalue weighted by Gasteiger charge is -2.32. The molecular weight excluding hydrogens is 382 g/mol. The molecule has 8 heteroatoms. The molecule has 1 fully saturated rings. The summed E-state index contributed by atoms with van der Waals surface area (Å²) < 4.78 is 10.1. The number of ether oxygens (including phenoxy) is 2. The summed E-state index contributed by atoms with van der Waals surface area (Å²) >= 11 is 6.20. The van der Waals surface area contributed by atoms with Gasteiger partial charge in [0, 0.05) is 12.6 Å². The molecule has 0 saturated heterocycles. The molecule has 1 atom stereocenters. The number of hydrogen-bond donors (Lipinski definition) is 1. The van der Waals surface area contributed by atoms with Crippen LogP contribution in [-0.4, -0.2) is 47.4 Å². The number of carbonyl (C=O) groups is 2. The van der Waals surface area contributed by atoms with E-state index in [0.29, 0.717) is 17.4 Å². The number of nitrogens with zero attached hydrogens (tertiary/aromatic N) is 2. The van der Waals surface area contributed by atoms with Gasteiger partial charge in [0.25, 0.3) is 0 Å². The number of halogens is 1. The zero-order chi connectivity index (χ0) is 20.9. The van der Waals surface area contributed by atoms with E-state index in [1.165, 1.54) is 7.11 Å². The Hall–Kier alpha value is -2.28. The van der Waals surface area contributed by atoms with E-state index in [4.69, 9.17) is 16.3 Å². The first-order chi connectivity index (χ1) is 13.1. The van der Waals surface area contributed by atoms with Crippen LogP contribution in [0, 0.1) is 0 Å². The molecule has 2 amide bonds. The average molecular weight is 410 g/mol. The first-order valence-electron chi connectivity index (χ1n) is 9.28. The number of pyridine rings is 1. The van der Waals surface area contributed by atoms with E-state index in [1.54, 1.807) is 23.1 Å². The van der Waals surface area contributed by atoms with Gasteiger partial charge >= 0.3 is 12.2 Å². The van der Waals surface area contributed by atoms with E-state index in [2.05, 4.69) is 15.0 Å². The van der Waals surface area contributed by atoms with Crippen LogP contribution in [0.5, 0.6) is 0 Å². The minimum absolute atomic E-state index is 0.181. The summed E-state index contributed by atoms with van der Waals surface area (Å²) in [5.41, 5.74) is 0.958. The maximum Gasteiger partial charge on any atom is 0.411 e. The van der Waals surface area contributed by atoms with Crippen LogP contribution in [0.1, 0.15) is 57.8 Å².